The van der Waals surface area contributed by atoms with Crippen molar-refractivity contribution in [3.8, 4) is 5.75 Å². The van der Waals surface area contributed by atoms with Gasteiger partial charge in [-0.3, -0.25) is 4.72 Å². The van der Waals surface area contributed by atoms with Crippen LogP contribution in [0.25, 0.3) is 0 Å². The van der Waals surface area contributed by atoms with Crippen molar-refractivity contribution < 1.29 is 21.9 Å². The monoisotopic (exact) mass is 411 g/mol. The maximum absolute atomic E-state index is 13.8. The molecule has 2 aromatic rings. The third kappa shape index (κ3) is 3.50. The number of sulfonamides is 1. The Labute approximate surface area is 139 Å². The molecule has 0 saturated carbocycles. The second-order valence-electron chi connectivity index (χ2n) is 4.15. The first-order chi connectivity index (χ1) is 10.2. The zero-order chi connectivity index (χ0) is 16.5. The van der Waals surface area contributed by atoms with Gasteiger partial charge in [0.2, 0.25) is 0 Å². The summed E-state index contributed by atoms with van der Waals surface area (Å²) in [6.45, 7) is 0. The maximum Gasteiger partial charge on any atom is 0.266 e. The summed E-state index contributed by atoms with van der Waals surface area (Å²) in [7, 11) is -2.98. The molecular weight excluding hydrogens is 404 g/mol. The van der Waals surface area contributed by atoms with E-state index in [2.05, 4.69) is 20.7 Å². The van der Waals surface area contributed by atoms with Crippen molar-refractivity contribution in [2.45, 2.75) is 4.90 Å². The molecule has 9 heteroatoms. The number of anilines is 1. The molecule has 0 amide bonds. The highest BCUT2D eigenvalue weighted by atomic mass is 79.9. The molecule has 0 aromatic heterocycles. The van der Waals surface area contributed by atoms with Crippen molar-refractivity contribution in [1.29, 1.82) is 0 Å². The Kier molecular flexibility index (Phi) is 4.93. The smallest absolute Gasteiger partial charge is 0.266 e. The van der Waals surface area contributed by atoms with Crippen LogP contribution >= 0.6 is 27.5 Å². The van der Waals surface area contributed by atoms with E-state index in [1.165, 1.54) is 25.3 Å². The van der Waals surface area contributed by atoms with Crippen LogP contribution in [0.2, 0.25) is 5.02 Å². The molecule has 2 rings (SSSR count). The van der Waals surface area contributed by atoms with E-state index < -0.39 is 26.6 Å². The van der Waals surface area contributed by atoms with Crippen LogP contribution in [0.3, 0.4) is 0 Å². The predicted octanol–water partition coefficient (Wildman–Crippen LogP) is 4.19. The van der Waals surface area contributed by atoms with Gasteiger partial charge in [0, 0.05) is 15.6 Å². The molecular formula is C13H9BrClF2NO3S. The van der Waals surface area contributed by atoms with Gasteiger partial charge in [-0.2, -0.15) is 0 Å². The molecule has 0 heterocycles. The van der Waals surface area contributed by atoms with Crippen molar-refractivity contribution in [2.24, 2.45) is 0 Å². The van der Waals surface area contributed by atoms with E-state index in [9.17, 15) is 17.2 Å². The van der Waals surface area contributed by atoms with E-state index in [0.29, 0.717) is 6.07 Å². The number of benzene rings is 2. The third-order valence-electron chi connectivity index (χ3n) is 2.64. The first-order valence-electron chi connectivity index (χ1n) is 5.75. The quantitative estimate of drug-likeness (QED) is 0.819. The Hall–Kier alpha value is -1.38. The predicted molar refractivity (Wildman–Crippen MR) is 82.9 cm³/mol. The third-order valence-corrected chi connectivity index (χ3v) is 5.20. The van der Waals surface area contributed by atoms with Gasteiger partial charge in [-0.15, -0.1) is 0 Å². The first-order valence-corrected chi connectivity index (χ1v) is 8.41. The molecule has 22 heavy (non-hydrogen) atoms. The summed E-state index contributed by atoms with van der Waals surface area (Å²) in [6, 6.07) is 5.61. The van der Waals surface area contributed by atoms with E-state index in [1.807, 2.05) is 0 Å². The number of halogens is 4. The Morgan fingerprint density at radius 3 is 2.50 bits per heavy atom. The van der Waals surface area contributed by atoms with Gasteiger partial charge in [0.05, 0.1) is 12.8 Å². The molecule has 0 fully saturated rings. The van der Waals surface area contributed by atoms with Gasteiger partial charge in [0.1, 0.15) is 22.3 Å². The Morgan fingerprint density at radius 2 is 1.91 bits per heavy atom. The summed E-state index contributed by atoms with van der Waals surface area (Å²) in [6.07, 6.45) is 0. The van der Waals surface area contributed by atoms with Crippen molar-refractivity contribution in [1.82, 2.24) is 0 Å². The molecule has 0 aliphatic rings. The molecule has 0 unspecified atom stereocenters. The molecule has 4 nitrogen and oxygen atoms in total. The lowest BCUT2D eigenvalue weighted by atomic mass is 10.3. The maximum atomic E-state index is 13.8. The van der Waals surface area contributed by atoms with Gasteiger partial charge in [0.15, 0.2) is 0 Å². The fourth-order valence-electron chi connectivity index (χ4n) is 1.74. The SMILES string of the molecule is COc1ccc(Cl)cc1NS(=O)(=O)c1c(F)cc(F)cc1Br. The zero-order valence-electron chi connectivity index (χ0n) is 11.0. The van der Waals surface area contributed by atoms with Crippen LogP contribution in [0.4, 0.5) is 14.5 Å². The molecule has 0 bridgehead atoms. The lowest BCUT2D eigenvalue weighted by molar-refractivity contribution is 0.417. The molecule has 0 aliphatic carbocycles. The summed E-state index contributed by atoms with van der Waals surface area (Å²) < 4.78 is 58.5. The van der Waals surface area contributed by atoms with Crippen LogP contribution in [-0.2, 0) is 10.0 Å². The summed E-state index contributed by atoms with van der Waals surface area (Å²) in [5, 5.41) is 0.261. The number of methoxy groups -OCH3 is 1. The molecule has 118 valence electrons. The van der Waals surface area contributed by atoms with Gasteiger partial charge < -0.3 is 4.74 Å². The van der Waals surface area contributed by atoms with Gasteiger partial charge in [-0.05, 0) is 40.2 Å². The Morgan fingerprint density at radius 1 is 1.23 bits per heavy atom. The van der Waals surface area contributed by atoms with Crippen molar-refractivity contribution in [3.63, 3.8) is 0 Å². The molecule has 1 N–H and O–H groups in total. The van der Waals surface area contributed by atoms with Crippen LogP contribution in [0.1, 0.15) is 0 Å². The van der Waals surface area contributed by atoms with E-state index >= 15 is 0 Å². The number of ether oxygens (including phenoxy) is 1. The molecule has 0 radical (unpaired) electrons. The van der Waals surface area contributed by atoms with Crippen molar-refractivity contribution in [3.05, 3.63) is 51.5 Å². The van der Waals surface area contributed by atoms with E-state index in [-0.39, 0.29) is 20.9 Å². The molecule has 2 aromatic carbocycles. The number of nitrogens with one attached hydrogen (secondary N) is 1. The summed E-state index contributed by atoms with van der Waals surface area (Å²) in [5.41, 5.74) is 0.0330. The summed E-state index contributed by atoms with van der Waals surface area (Å²) >= 11 is 8.65. The molecule has 0 saturated heterocycles. The Balaban J connectivity index is 2.52. The number of hydrogen-bond acceptors (Lipinski definition) is 3. The molecule has 0 aliphatic heterocycles. The van der Waals surface area contributed by atoms with E-state index in [0.717, 1.165) is 6.07 Å². The minimum absolute atomic E-state index is 0.0330. The van der Waals surface area contributed by atoms with Crippen LogP contribution in [0, 0.1) is 11.6 Å². The average Bonchev–Trinajstić information content (AvgIpc) is 2.36. The zero-order valence-corrected chi connectivity index (χ0v) is 14.2. The molecule has 0 atom stereocenters. The second-order valence-corrected chi connectivity index (χ2v) is 7.06. The van der Waals surface area contributed by atoms with Crippen LogP contribution < -0.4 is 9.46 Å². The average molecular weight is 413 g/mol. The van der Waals surface area contributed by atoms with Gasteiger partial charge >= 0.3 is 0 Å². The van der Waals surface area contributed by atoms with Crippen LogP contribution in [-0.4, -0.2) is 15.5 Å². The Bertz CT molecular complexity index is 807. The van der Waals surface area contributed by atoms with Gasteiger partial charge in [0.25, 0.3) is 10.0 Å². The highest BCUT2D eigenvalue weighted by Crippen LogP contribution is 2.32. The minimum atomic E-state index is -4.32. The second kappa shape index (κ2) is 6.39. The highest BCUT2D eigenvalue weighted by molar-refractivity contribution is 9.10. The highest BCUT2D eigenvalue weighted by Gasteiger charge is 2.25. The molecule has 0 spiro atoms. The van der Waals surface area contributed by atoms with Crippen molar-refractivity contribution >= 4 is 43.2 Å². The normalized spacial score (nSPS) is 11.3. The topological polar surface area (TPSA) is 55.4 Å². The van der Waals surface area contributed by atoms with Crippen LogP contribution in [0.5, 0.6) is 5.75 Å². The lowest BCUT2D eigenvalue weighted by Gasteiger charge is -2.13. The number of rotatable bonds is 4. The lowest BCUT2D eigenvalue weighted by Crippen LogP contribution is -2.16. The number of hydrogen-bond donors (Lipinski definition) is 1. The van der Waals surface area contributed by atoms with Crippen LogP contribution in [0.15, 0.2) is 39.7 Å². The standard InChI is InChI=1S/C13H9BrClF2NO3S/c1-21-12-3-2-7(15)4-11(12)18-22(19,20)13-9(14)5-8(16)6-10(13)17/h2-6,18H,1H3. The van der Waals surface area contributed by atoms with E-state index in [4.69, 9.17) is 16.3 Å². The minimum Gasteiger partial charge on any atom is -0.495 e. The fourth-order valence-corrected chi connectivity index (χ4v) is 4.14. The van der Waals surface area contributed by atoms with E-state index in [1.54, 1.807) is 0 Å². The summed E-state index contributed by atoms with van der Waals surface area (Å²) in [4.78, 5) is -0.712. The van der Waals surface area contributed by atoms with Crippen molar-refractivity contribution in [2.75, 3.05) is 11.8 Å². The van der Waals surface area contributed by atoms with Gasteiger partial charge in [-0.25, -0.2) is 17.2 Å². The first kappa shape index (κ1) is 17.0. The largest absolute Gasteiger partial charge is 0.495 e. The fraction of sp³-hybridized carbons (Fsp3) is 0.0769. The van der Waals surface area contributed by atoms with Gasteiger partial charge in [-0.1, -0.05) is 11.6 Å². The summed E-state index contributed by atoms with van der Waals surface area (Å²) in [5.74, 6) is -1.92.